The summed E-state index contributed by atoms with van der Waals surface area (Å²) in [5.74, 6) is -3.61. The van der Waals surface area contributed by atoms with Crippen molar-refractivity contribution in [1.29, 1.82) is 0 Å². The smallest absolute Gasteiger partial charge is 0.338 e. The molecule has 0 spiro atoms. The minimum Gasteiger partial charge on any atom is -0.452 e. The Kier molecular flexibility index (Phi) is 4.98. The number of carbonyl (C=O) groups is 2. The molecule has 126 valence electrons. The van der Waals surface area contributed by atoms with Gasteiger partial charge in [-0.3, -0.25) is 4.79 Å². The Morgan fingerprint density at radius 2 is 1.87 bits per heavy atom. The van der Waals surface area contributed by atoms with E-state index in [1.165, 1.54) is 11.9 Å². The van der Waals surface area contributed by atoms with Gasteiger partial charge in [-0.25, -0.2) is 22.0 Å². The molecule has 1 aliphatic heterocycles. The highest BCUT2D eigenvalue weighted by molar-refractivity contribution is 7.91. The molecule has 1 heterocycles. The predicted octanol–water partition coefficient (Wildman–Crippen LogP) is 0.767. The fraction of sp³-hybridized carbons (Fsp3) is 0.429. The number of sulfone groups is 1. The van der Waals surface area contributed by atoms with E-state index in [2.05, 4.69) is 0 Å². The van der Waals surface area contributed by atoms with Crippen molar-refractivity contribution in [2.75, 3.05) is 25.2 Å². The Balaban J connectivity index is 1.92. The number of nitrogens with zero attached hydrogens (tertiary/aromatic N) is 1. The zero-order chi connectivity index (χ0) is 17.2. The molecule has 0 aliphatic carbocycles. The van der Waals surface area contributed by atoms with Crippen LogP contribution in [0.5, 0.6) is 0 Å². The van der Waals surface area contributed by atoms with E-state index in [4.69, 9.17) is 4.74 Å². The molecule has 0 N–H and O–H groups in total. The van der Waals surface area contributed by atoms with Crippen LogP contribution >= 0.6 is 0 Å². The van der Waals surface area contributed by atoms with Crippen LogP contribution in [0.2, 0.25) is 0 Å². The molecule has 2 rings (SSSR count). The Bertz CT molecular complexity index is 714. The van der Waals surface area contributed by atoms with Gasteiger partial charge in [-0.15, -0.1) is 0 Å². The number of likely N-dealkylation sites (N-methyl/N-ethyl adjacent to an activating group) is 1. The second kappa shape index (κ2) is 6.61. The largest absolute Gasteiger partial charge is 0.452 e. The fourth-order valence-electron chi connectivity index (χ4n) is 2.27. The van der Waals surface area contributed by atoms with E-state index in [1.54, 1.807) is 0 Å². The fourth-order valence-corrected chi connectivity index (χ4v) is 4.04. The number of hydrogen-bond donors (Lipinski definition) is 0. The quantitative estimate of drug-likeness (QED) is 0.752. The van der Waals surface area contributed by atoms with Gasteiger partial charge in [0.15, 0.2) is 16.4 Å². The first kappa shape index (κ1) is 17.3. The van der Waals surface area contributed by atoms with Gasteiger partial charge in [0.05, 0.1) is 17.1 Å². The van der Waals surface area contributed by atoms with Gasteiger partial charge < -0.3 is 9.64 Å². The summed E-state index contributed by atoms with van der Waals surface area (Å²) in [5.41, 5.74) is -0.346. The SMILES string of the molecule is CN(C(=O)COC(=O)c1cc(F)cc(F)c1)[C@@H]1CCS(=O)(=O)C1. The summed E-state index contributed by atoms with van der Waals surface area (Å²) in [7, 11) is -1.72. The molecule has 0 bridgehead atoms. The molecule has 1 aromatic rings. The maximum atomic E-state index is 13.0. The van der Waals surface area contributed by atoms with E-state index in [0.717, 1.165) is 12.1 Å². The topological polar surface area (TPSA) is 80.8 Å². The van der Waals surface area contributed by atoms with Crippen molar-refractivity contribution in [1.82, 2.24) is 4.90 Å². The molecular weight excluding hydrogens is 332 g/mol. The first-order valence-corrected chi connectivity index (χ1v) is 8.59. The highest BCUT2D eigenvalue weighted by Gasteiger charge is 2.32. The van der Waals surface area contributed by atoms with Crippen molar-refractivity contribution in [2.45, 2.75) is 12.5 Å². The van der Waals surface area contributed by atoms with Gasteiger partial charge in [0.25, 0.3) is 5.91 Å². The van der Waals surface area contributed by atoms with Crippen LogP contribution < -0.4 is 0 Å². The van der Waals surface area contributed by atoms with Crippen LogP contribution in [-0.4, -0.2) is 56.4 Å². The lowest BCUT2D eigenvalue weighted by Gasteiger charge is -2.23. The minimum absolute atomic E-state index is 0.0116. The van der Waals surface area contributed by atoms with Crippen molar-refractivity contribution in [3.8, 4) is 0 Å². The molecule has 0 saturated carbocycles. The highest BCUT2D eigenvalue weighted by Crippen LogP contribution is 2.17. The third kappa shape index (κ3) is 4.47. The Morgan fingerprint density at radius 1 is 1.26 bits per heavy atom. The summed E-state index contributed by atoms with van der Waals surface area (Å²) in [6.07, 6.45) is 0.327. The van der Waals surface area contributed by atoms with Gasteiger partial charge in [-0.2, -0.15) is 0 Å². The van der Waals surface area contributed by atoms with Gasteiger partial charge in [-0.05, 0) is 18.6 Å². The van der Waals surface area contributed by atoms with E-state index in [9.17, 15) is 26.8 Å². The third-order valence-corrected chi connectivity index (χ3v) is 5.32. The number of halogens is 2. The first-order chi connectivity index (χ1) is 10.7. The Hall–Kier alpha value is -2.03. The number of benzene rings is 1. The van der Waals surface area contributed by atoms with Crippen LogP contribution in [-0.2, 0) is 19.4 Å². The molecule has 9 heteroatoms. The molecule has 1 aliphatic rings. The minimum atomic E-state index is -3.14. The second-order valence-electron chi connectivity index (χ2n) is 5.30. The number of rotatable bonds is 4. The Labute approximate surface area is 131 Å². The molecule has 1 aromatic carbocycles. The summed E-state index contributed by atoms with van der Waals surface area (Å²) in [6, 6.07) is 1.74. The van der Waals surface area contributed by atoms with Gasteiger partial charge >= 0.3 is 5.97 Å². The monoisotopic (exact) mass is 347 g/mol. The normalized spacial score (nSPS) is 19.3. The average Bonchev–Trinajstić information content (AvgIpc) is 2.82. The van der Waals surface area contributed by atoms with E-state index in [0.29, 0.717) is 12.5 Å². The van der Waals surface area contributed by atoms with Gasteiger partial charge in [0, 0.05) is 19.2 Å². The average molecular weight is 347 g/mol. The van der Waals surface area contributed by atoms with Crippen molar-refractivity contribution >= 4 is 21.7 Å². The maximum Gasteiger partial charge on any atom is 0.338 e. The van der Waals surface area contributed by atoms with Gasteiger partial charge in [0.2, 0.25) is 0 Å². The molecule has 1 amide bonds. The van der Waals surface area contributed by atoms with Crippen molar-refractivity contribution in [2.24, 2.45) is 0 Å². The molecular formula is C14H15F2NO5S. The third-order valence-electron chi connectivity index (χ3n) is 3.57. The van der Waals surface area contributed by atoms with Crippen LogP contribution in [0.25, 0.3) is 0 Å². The van der Waals surface area contributed by atoms with E-state index >= 15 is 0 Å². The summed E-state index contributed by atoms with van der Waals surface area (Å²) in [4.78, 5) is 24.8. The standard InChI is InChI=1S/C14H15F2NO5S/c1-17(12-2-3-23(20,21)8-12)13(18)7-22-14(19)9-4-10(15)6-11(16)5-9/h4-6,12H,2-3,7-8H2,1H3/t12-/m1/s1. The van der Waals surface area contributed by atoms with Crippen LogP contribution in [0.15, 0.2) is 18.2 Å². The van der Waals surface area contributed by atoms with Crippen LogP contribution in [0.1, 0.15) is 16.8 Å². The van der Waals surface area contributed by atoms with E-state index in [1.807, 2.05) is 0 Å². The molecule has 1 atom stereocenters. The van der Waals surface area contributed by atoms with Crippen LogP contribution in [0, 0.1) is 11.6 Å². The maximum absolute atomic E-state index is 13.0. The number of esters is 1. The molecule has 0 unspecified atom stereocenters. The second-order valence-corrected chi connectivity index (χ2v) is 7.52. The van der Waals surface area contributed by atoms with Crippen LogP contribution in [0.3, 0.4) is 0 Å². The first-order valence-electron chi connectivity index (χ1n) is 6.77. The molecule has 0 aromatic heterocycles. The lowest BCUT2D eigenvalue weighted by atomic mass is 10.2. The lowest BCUT2D eigenvalue weighted by molar-refractivity contribution is -0.134. The molecule has 1 saturated heterocycles. The van der Waals surface area contributed by atoms with E-state index < -0.39 is 46.0 Å². The highest BCUT2D eigenvalue weighted by atomic mass is 32.2. The molecule has 1 fully saturated rings. The molecule has 6 nitrogen and oxygen atoms in total. The van der Waals surface area contributed by atoms with Gasteiger partial charge in [0.1, 0.15) is 11.6 Å². The lowest BCUT2D eigenvalue weighted by Crippen LogP contribution is -2.40. The summed E-state index contributed by atoms with van der Waals surface area (Å²) >= 11 is 0. The number of ether oxygens (including phenoxy) is 1. The number of amides is 1. The van der Waals surface area contributed by atoms with Gasteiger partial charge in [-0.1, -0.05) is 0 Å². The Morgan fingerprint density at radius 3 is 2.39 bits per heavy atom. The van der Waals surface area contributed by atoms with Crippen molar-refractivity contribution in [3.63, 3.8) is 0 Å². The summed E-state index contributed by atoms with van der Waals surface area (Å²) in [6.45, 7) is -0.635. The summed E-state index contributed by atoms with van der Waals surface area (Å²) in [5, 5.41) is 0. The number of carbonyl (C=O) groups excluding carboxylic acids is 2. The molecule has 0 radical (unpaired) electrons. The zero-order valence-electron chi connectivity index (χ0n) is 12.3. The zero-order valence-corrected chi connectivity index (χ0v) is 13.1. The predicted molar refractivity (Wildman–Crippen MR) is 76.5 cm³/mol. The number of hydrogen-bond acceptors (Lipinski definition) is 5. The van der Waals surface area contributed by atoms with Crippen molar-refractivity contribution in [3.05, 3.63) is 35.4 Å². The molecule has 23 heavy (non-hydrogen) atoms. The summed E-state index contributed by atoms with van der Waals surface area (Å²) < 4.78 is 53.5. The van der Waals surface area contributed by atoms with E-state index in [-0.39, 0.29) is 17.1 Å². The van der Waals surface area contributed by atoms with Crippen molar-refractivity contribution < 1.29 is 31.5 Å². The van der Waals surface area contributed by atoms with Crippen LogP contribution in [0.4, 0.5) is 8.78 Å².